The molecule has 0 radical (unpaired) electrons. The summed E-state index contributed by atoms with van der Waals surface area (Å²) in [5.74, 6) is 0. The third-order valence-electron chi connectivity index (χ3n) is 3.36. The zero-order valence-corrected chi connectivity index (χ0v) is 9.78. The molecule has 0 atom stereocenters. The van der Waals surface area contributed by atoms with Gasteiger partial charge in [0, 0.05) is 23.7 Å². The molecule has 0 N–H and O–H groups in total. The van der Waals surface area contributed by atoms with E-state index in [1.54, 1.807) is 12.4 Å². The minimum absolute atomic E-state index is 0.431. The lowest BCUT2D eigenvalue weighted by Crippen LogP contribution is -2.19. The number of aryl methyl sites for hydroxylation is 1. The predicted octanol–water partition coefficient (Wildman–Crippen LogP) is 2.10. The Morgan fingerprint density at radius 1 is 1.13 bits per heavy atom. The van der Waals surface area contributed by atoms with Crippen molar-refractivity contribution in [3.63, 3.8) is 0 Å². The van der Waals surface area contributed by atoms with E-state index in [2.05, 4.69) is 9.97 Å². The van der Waals surface area contributed by atoms with E-state index in [4.69, 9.17) is 0 Å². The Hall–Kier alpha value is -0.690. The van der Waals surface area contributed by atoms with Gasteiger partial charge >= 0.3 is 0 Å². The molecule has 0 amide bonds. The van der Waals surface area contributed by atoms with Gasteiger partial charge in [0.1, 0.15) is 12.6 Å². The van der Waals surface area contributed by atoms with Crippen LogP contribution in [0.25, 0.3) is 0 Å². The van der Waals surface area contributed by atoms with Gasteiger partial charge in [0.15, 0.2) is 0 Å². The maximum absolute atomic E-state index is 13.1. The fraction of sp³-hybridized carbons (Fsp3) is 0.636. The first-order valence-electron chi connectivity index (χ1n) is 5.60. The Balaban J connectivity index is 2.09. The predicted molar refractivity (Wildman–Crippen MR) is 60.1 cm³/mol. The molecule has 0 aliphatic heterocycles. The van der Waals surface area contributed by atoms with Crippen molar-refractivity contribution in [1.82, 2.24) is 9.97 Å². The summed E-state index contributed by atoms with van der Waals surface area (Å²) in [5, 5.41) is 0. The van der Waals surface area contributed by atoms with Crippen molar-refractivity contribution in [2.75, 3.05) is 0 Å². The van der Waals surface area contributed by atoms with Crippen LogP contribution in [0.15, 0.2) is 12.4 Å². The van der Waals surface area contributed by atoms with Crippen LogP contribution in [0.3, 0.4) is 0 Å². The van der Waals surface area contributed by atoms with E-state index in [1.807, 2.05) is 6.92 Å². The first-order valence-corrected chi connectivity index (χ1v) is 7.45. The van der Waals surface area contributed by atoms with Crippen molar-refractivity contribution >= 4 is 12.6 Å². The zero-order valence-electron chi connectivity index (χ0n) is 8.89. The van der Waals surface area contributed by atoms with Gasteiger partial charge in [0.25, 0.3) is 0 Å². The molecular formula is C11H15N2OP. The summed E-state index contributed by atoms with van der Waals surface area (Å²) in [7, 11) is -2.20. The molecule has 1 aromatic rings. The zero-order chi connectivity index (χ0) is 10.5. The van der Waals surface area contributed by atoms with E-state index >= 15 is 0 Å². The first-order chi connectivity index (χ1) is 7.23. The van der Waals surface area contributed by atoms with Crippen LogP contribution < -0.4 is 5.44 Å². The SMILES string of the molecule is Cc1nccnc1P(=O)(C1CC1)C1CC1. The summed E-state index contributed by atoms with van der Waals surface area (Å²) in [6, 6.07) is 0. The van der Waals surface area contributed by atoms with Crippen molar-refractivity contribution in [2.45, 2.75) is 43.9 Å². The van der Waals surface area contributed by atoms with Crippen LogP contribution >= 0.6 is 7.14 Å². The summed E-state index contributed by atoms with van der Waals surface area (Å²) < 4.78 is 13.1. The van der Waals surface area contributed by atoms with Gasteiger partial charge in [0.05, 0.1) is 5.69 Å². The lowest BCUT2D eigenvalue weighted by Gasteiger charge is -2.17. The fourth-order valence-electron chi connectivity index (χ4n) is 2.30. The van der Waals surface area contributed by atoms with Crippen LogP contribution in [0.1, 0.15) is 31.4 Å². The monoisotopic (exact) mass is 222 g/mol. The quantitative estimate of drug-likeness (QED) is 0.735. The number of rotatable bonds is 3. The van der Waals surface area contributed by atoms with Gasteiger partial charge in [-0.25, -0.2) is 4.98 Å². The molecular weight excluding hydrogens is 207 g/mol. The maximum atomic E-state index is 13.1. The number of aromatic nitrogens is 2. The highest BCUT2D eigenvalue weighted by atomic mass is 31.2. The van der Waals surface area contributed by atoms with E-state index in [0.29, 0.717) is 11.3 Å². The Morgan fingerprint density at radius 2 is 1.67 bits per heavy atom. The Bertz CT molecular complexity index is 422. The van der Waals surface area contributed by atoms with Crippen molar-refractivity contribution in [3.8, 4) is 0 Å². The lowest BCUT2D eigenvalue weighted by atomic mass is 10.5. The molecule has 3 rings (SSSR count). The highest BCUT2D eigenvalue weighted by Crippen LogP contribution is 2.69. The molecule has 3 nitrogen and oxygen atoms in total. The molecule has 2 aliphatic rings. The van der Waals surface area contributed by atoms with Gasteiger partial charge in [-0.3, -0.25) is 4.98 Å². The Kier molecular flexibility index (Phi) is 2.00. The standard InChI is InChI=1S/C11H15N2OP/c1-8-11(13-7-6-12-8)15(14,9-2-3-9)10-4-5-10/h6-7,9-10H,2-5H2,1H3. The summed E-state index contributed by atoms with van der Waals surface area (Å²) in [6.45, 7) is 1.93. The summed E-state index contributed by atoms with van der Waals surface area (Å²) in [5.41, 5.74) is 2.57. The van der Waals surface area contributed by atoms with Crippen LogP contribution in [-0.4, -0.2) is 21.3 Å². The molecule has 0 aromatic carbocycles. The second kappa shape index (κ2) is 3.15. The summed E-state index contributed by atoms with van der Waals surface area (Å²) in [4.78, 5) is 8.58. The normalized spacial score (nSPS) is 21.7. The Morgan fingerprint density at radius 3 is 2.13 bits per heavy atom. The average molecular weight is 222 g/mol. The van der Waals surface area contributed by atoms with E-state index in [9.17, 15) is 4.57 Å². The molecule has 1 heterocycles. The summed E-state index contributed by atoms with van der Waals surface area (Å²) >= 11 is 0. The van der Waals surface area contributed by atoms with Gasteiger partial charge < -0.3 is 4.57 Å². The van der Waals surface area contributed by atoms with Gasteiger partial charge in [-0.1, -0.05) is 0 Å². The van der Waals surface area contributed by atoms with Gasteiger partial charge in [-0.2, -0.15) is 0 Å². The highest BCUT2D eigenvalue weighted by Gasteiger charge is 2.53. The van der Waals surface area contributed by atoms with Crippen molar-refractivity contribution in [2.24, 2.45) is 0 Å². The van der Waals surface area contributed by atoms with Crippen molar-refractivity contribution in [3.05, 3.63) is 18.1 Å². The Labute approximate surface area is 89.7 Å². The van der Waals surface area contributed by atoms with Crippen LogP contribution in [0.5, 0.6) is 0 Å². The third kappa shape index (κ3) is 1.45. The molecule has 1 aromatic heterocycles. The number of nitrogens with zero attached hydrogens (tertiary/aromatic N) is 2. The van der Waals surface area contributed by atoms with Crippen molar-refractivity contribution < 1.29 is 4.57 Å². The largest absolute Gasteiger partial charge is 0.316 e. The molecule has 15 heavy (non-hydrogen) atoms. The van der Waals surface area contributed by atoms with Crippen molar-refractivity contribution in [1.29, 1.82) is 0 Å². The van der Waals surface area contributed by atoms with Crippen LogP contribution in [-0.2, 0) is 4.57 Å². The molecule has 2 fully saturated rings. The fourth-order valence-corrected chi connectivity index (χ4v) is 6.23. The highest BCUT2D eigenvalue weighted by molar-refractivity contribution is 7.73. The van der Waals surface area contributed by atoms with E-state index in [-0.39, 0.29) is 0 Å². The minimum Gasteiger partial charge on any atom is -0.316 e. The van der Waals surface area contributed by atoms with E-state index in [0.717, 1.165) is 36.8 Å². The molecule has 2 aliphatic carbocycles. The molecule has 80 valence electrons. The van der Waals surface area contributed by atoms with E-state index in [1.165, 1.54) is 0 Å². The maximum Gasteiger partial charge on any atom is 0.140 e. The first kappa shape index (κ1) is 9.53. The second-order valence-electron chi connectivity index (χ2n) is 4.64. The third-order valence-corrected chi connectivity index (χ3v) is 7.67. The van der Waals surface area contributed by atoms with Crippen LogP contribution in [0.4, 0.5) is 0 Å². The van der Waals surface area contributed by atoms with Gasteiger partial charge in [-0.05, 0) is 32.6 Å². The summed E-state index contributed by atoms with van der Waals surface area (Å²) in [6.07, 6.45) is 7.88. The molecule has 2 saturated carbocycles. The van der Waals surface area contributed by atoms with Gasteiger partial charge in [-0.15, -0.1) is 0 Å². The topological polar surface area (TPSA) is 42.9 Å². The van der Waals surface area contributed by atoms with Crippen LogP contribution in [0.2, 0.25) is 0 Å². The molecule has 0 spiro atoms. The number of hydrogen-bond donors (Lipinski definition) is 0. The number of hydrogen-bond acceptors (Lipinski definition) is 3. The average Bonchev–Trinajstić information content (AvgIpc) is 3.06. The molecule has 0 bridgehead atoms. The van der Waals surface area contributed by atoms with Crippen LogP contribution in [0, 0.1) is 6.92 Å². The van der Waals surface area contributed by atoms with Gasteiger partial charge in [0.2, 0.25) is 0 Å². The smallest absolute Gasteiger partial charge is 0.140 e. The van der Waals surface area contributed by atoms with E-state index < -0.39 is 7.14 Å². The molecule has 4 heteroatoms. The minimum atomic E-state index is -2.20. The lowest BCUT2D eigenvalue weighted by molar-refractivity contribution is 0.578. The molecule has 0 saturated heterocycles. The molecule has 0 unspecified atom stereocenters. The second-order valence-corrected chi connectivity index (χ2v) is 7.94.